The number of urea groups is 1. The number of pyridine rings is 2. The molecule has 3 aromatic rings. The summed E-state index contributed by atoms with van der Waals surface area (Å²) in [5.41, 5.74) is 0.629. The molecule has 1 fully saturated rings. The van der Waals surface area contributed by atoms with Crippen molar-refractivity contribution in [2.24, 2.45) is 0 Å². The summed E-state index contributed by atoms with van der Waals surface area (Å²) in [7, 11) is 1.50. The second-order valence-electron chi connectivity index (χ2n) is 9.38. The standard InChI is InChI=1S/C28H32ClFN6O4/c1-4-34(5-2)16-18-7-6-12-35(27(18)38)20-9-10-23(22(30)13-20)32-26(37)24-14-21(40-3)17-36(24)28(39)33-25-11-8-19(29)15-31-25/h6-13,15,21,24H,4-5,14,16-17H2,1-3H3,(H,32,37)(H,31,33,39)/t21-,24-/m1/s1. The number of rotatable bonds is 9. The quantitative estimate of drug-likeness (QED) is 0.400. The number of nitrogens with zero attached hydrogens (tertiary/aromatic N) is 4. The average Bonchev–Trinajstić information content (AvgIpc) is 3.40. The third kappa shape index (κ3) is 6.67. The largest absolute Gasteiger partial charge is 0.380 e. The average molecular weight is 571 g/mol. The lowest BCUT2D eigenvalue weighted by Crippen LogP contribution is -2.45. The van der Waals surface area contributed by atoms with E-state index in [9.17, 15) is 14.4 Å². The molecule has 1 aliphatic rings. The predicted molar refractivity (Wildman–Crippen MR) is 151 cm³/mol. The summed E-state index contributed by atoms with van der Waals surface area (Å²) in [6.45, 7) is 6.31. The number of hydrogen-bond acceptors (Lipinski definition) is 6. The van der Waals surface area contributed by atoms with Gasteiger partial charge in [0.25, 0.3) is 5.56 Å². The highest BCUT2D eigenvalue weighted by molar-refractivity contribution is 6.30. The molecule has 0 bridgehead atoms. The van der Waals surface area contributed by atoms with E-state index in [2.05, 4.69) is 20.5 Å². The Hall–Kier alpha value is -3.80. The number of halogens is 2. The van der Waals surface area contributed by atoms with Crippen molar-refractivity contribution in [3.63, 3.8) is 0 Å². The number of methoxy groups -OCH3 is 1. The molecule has 4 rings (SSSR count). The Morgan fingerprint density at radius 3 is 2.60 bits per heavy atom. The maximum absolute atomic E-state index is 15.2. The molecule has 2 N–H and O–H groups in total. The molecule has 10 nitrogen and oxygen atoms in total. The van der Waals surface area contributed by atoms with Crippen LogP contribution in [-0.2, 0) is 16.1 Å². The monoisotopic (exact) mass is 570 g/mol. The minimum absolute atomic E-state index is 0.0679. The molecule has 1 aromatic carbocycles. The molecule has 2 atom stereocenters. The van der Waals surface area contributed by atoms with Crippen LogP contribution in [0.2, 0.25) is 5.02 Å². The number of nitrogens with one attached hydrogen (secondary N) is 2. The number of benzene rings is 1. The second kappa shape index (κ2) is 13.0. The summed E-state index contributed by atoms with van der Waals surface area (Å²) in [4.78, 5) is 46.7. The Kier molecular flexibility index (Phi) is 9.51. The van der Waals surface area contributed by atoms with Gasteiger partial charge in [0.15, 0.2) is 0 Å². The molecule has 0 aliphatic carbocycles. The Bertz CT molecular complexity index is 1410. The van der Waals surface area contributed by atoms with Crippen LogP contribution in [-0.4, -0.2) is 70.2 Å². The van der Waals surface area contributed by atoms with Crippen LogP contribution in [0.5, 0.6) is 0 Å². The van der Waals surface area contributed by atoms with Crippen LogP contribution in [0.4, 0.5) is 20.7 Å². The number of amides is 3. The van der Waals surface area contributed by atoms with Crippen LogP contribution in [0, 0.1) is 5.82 Å². The first-order valence-corrected chi connectivity index (χ1v) is 13.4. The Labute approximate surface area is 236 Å². The molecule has 12 heteroatoms. The highest BCUT2D eigenvalue weighted by atomic mass is 35.5. The molecule has 40 heavy (non-hydrogen) atoms. The maximum Gasteiger partial charge on any atom is 0.323 e. The smallest absolute Gasteiger partial charge is 0.323 e. The number of carbonyl (C=O) groups is 2. The molecular weight excluding hydrogens is 539 g/mol. The van der Waals surface area contributed by atoms with Crippen LogP contribution in [0.15, 0.2) is 59.7 Å². The van der Waals surface area contributed by atoms with Gasteiger partial charge in [-0.25, -0.2) is 14.2 Å². The third-order valence-corrected chi connectivity index (χ3v) is 7.15. The van der Waals surface area contributed by atoms with Crippen LogP contribution >= 0.6 is 11.6 Å². The number of hydrogen-bond donors (Lipinski definition) is 2. The minimum Gasteiger partial charge on any atom is -0.380 e. The van der Waals surface area contributed by atoms with Gasteiger partial charge in [0.1, 0.15) is 17.7 Å². The van der Waals surface area contributed by atoms with E-state index in [0.717, 1.165) is 13.1 Å². The third-order valence-electron chi connectivity index (χ3n) is 6.93. The number of likely N-dealkylation sites (tertiary alicyclic amines) is 1. The number of aromatic nitrogens is 2. The van der Waals surface area contributed by atoms with Gasteiger partial charge in [0, 0.05) is 50.6 Å². The molecule has 3 amide bonds. The normalized spacial score (nSPS) is 16.8. The lowest BCUT2D eigenvalue weighted by Gasteiger charge is -2.24. The van der Waals surface area contributed by atoms with Crippen LogP contribution in [0.25, 0.3) is 5.69 Å². The Morgan fingerprint density at radius 1 is 1.18 bits per heavy atom. The van der Waals surface area contributed by atoms with Gasteiger partial charge in [0.05, 0.1) is 22.5 Å². The van der Waals surface area contributed by atoms with Gasteiger partial charge in [-0.15, -0.1) is 0 Å². The SMILES string of the molecule is CCN(CC)Cc1cccn(-c2ccc(NC(=O)[C@H]3C[C@@H](OC)CN3C(=O)Nc3ccc(Cl)cn3)c(F)c2)c1=O. The molecule has 3 heterocycles. The topological polar surface area (TPSA) is 109 Å². The van der Waals surface area contributed by atoms with Crippen molar-refractivity contribution in [1.29, 1.82) is 0 Å². The van der Waals surface area contributed by atoms with E-state index < -0.39 is 23.8 Å². The first-order chi connectivity index (χ1) is 19.2. The van der Waals surface area contributed by atoms with Crippen LogP contribution < -0.4 is 16.2 Å². The van der Waals surface area contributed by atoms with Crippen molar-refractivity contribution in [2.45, 2.75) is 39.0 Å². The van der Waals surface area contributed by atoms with E-state index >= 15 is 4.39 Å². The van der Waals surface area contributed by atoms with E-state index in [1.54, 1.807) is 36.5 Å². The zero-order valence-electron chi connectivity index (χ0n) is 22.6. The molecule has 2 aromatic heterocycles. The Balaban J connectivity index is 1.50. The lowest BCUT2D eigenvalue weighted by molar-refractivity contribution is -0.119. The van der Waals surface area contributed by atoms with E-state index in [1.807, 2.05) is 13.8 Å². The summed E-state index contributed by atoms with van der Waals surface area (Å²) in [5, 5.41) is 5.64. The van der Waals surface area contributed by atoms with Crippen molar-refractivity contribution >= 4 is 35.0 Å². The van der Waals surface area contributed by atoms with Crippen molar-refractivity contribution in [3.8, 4) is 5.69 Å². The van der Waals surface area contributed by atoms with E-state index in [4.69, 9.17) is 16.3 Å². The fraction of sp³-hybridized carbons (Fsp3) is 0.357. The molecule has 212 valence electrons. The first-order valence-electron chi connectivity index (χ1n) is 13.0. The fourth-order valence-electron chi connectivity index (χ4n) is 4.59. The van der Waals surface area contributed by atoms with Gasteiger partial charge >= 0.3 is 6.03 Å². The first kappa shape index (κ1) is 29.2. The molecule has 0 saturated carbocycles. The zero-order chi connectivity index (χ0) is 28.8. The highest BCUT2D eigenvalue weighted by Gasteiger charge is 2.40. The van der Waals surface area contributed by atoms with Gasteiger partial charge < -0.3 is 15.0 Å². The molecule has 1 saturated heterocycles. The van der Waals surface area contributed by atoms with Gasteiger partial charge in [-0.2, -0.15) is 0 Å². The molecule has 1 aliphatic heterocycles. The van der Waals surface area contributed by atoms with Crippen LogP contribution in [0.1, 0.15) is 25.8 Å². The number of ether oxygens (including phenoxy) is 1. The van der Waals surface area contributed by atoms with Crippen molar-refractivity contribution < 1.29 is 18.7 Å². The second-order valence-corrected chi connectivity index (χ2v) is 9.81. The van der Waals surface area contributed by atoms with Crippen molar-refractivity contribution in [1.82, 2.24) is 19.4 Å². The van der Waals surface area contributed by atoms with E-state index in [0.29, 0.717) is 22.8 Å². The number of carbonyl (C=O) groups excluding carboxylic acids is 2. The van der Waals surface area contributed by atoms with Gasteiger partial charge in [-0.1, -0.05) is 31.5 Å². The molecule has 0 spiro atoms. The van der Waals surface area contributed by atoms with Crippen molar-refractivity contribution in [3.05, 3.63) is 81.6 Å². The van der Waals surface area contributed by atoms with Gasteiger partial charge in [-0.05, 0) is 43.4 Å². The fourth-order valence-corrected chi connectivity index (χ4v) is 4.71. The zero-order valence-corrected chi connectivity index (χ0v) is 23.3. The summed E-state index contributed by atoms with van der Waals surface area (Å²) in [5.74, 6) is -1.01. The van der Waals surface area contributed by atoms with E-state index in [-0.39, 0.29) is 36.1 Å². The summed E-state index contributed by atoms with van der Waals surface area (Å²) in [6.07, 6.45) is 2.84. The summed E-state index contributed by atoms with van der Waals surface area (Å²) >= 11 is 5.85. The molecule has 0 radical (unpaired) electrons. The summed E-state index contributed by atoms with van der Waals surface area (Å²) in [6, 6.07) is 9.34. The molecule has 0 unspecified atom stereocenters. The molecular formula is C28H32ClFN6O4. The summed E-state index contributed by atoms with van der Waals surface area (Å²) < 4.78 is 21.9. The maximum atomic E-state index is 15.2. The van der Waals surface area contributed by atoms with Crippen LogP contribution in [0.3, 0.4) is 0 Å². The van der Waals surface area contributed by atoms with Gasteiger partial charge in [-0.3, -0.25) is 24.4 Å². The lowest BCUT2D eigenvalue weighted by atomic mass is 10.1. The Morgan fingerprint density at radius 2 is 1.95 bits per heavy atom. The minimum atomic E-state index is -0.907. The van der Waals surface area contributed by atoms with Crippen molar-refractivity contribution in [2.75, 3.05) is 37.4 Å². The number of anilines is 2. The highest BCUT2D eigenvalue weighted by Crippen LogP contribution is 2.25. The van der Waals surface area contributed by atoms with E-state index in [1.165, 1.54) is 34.9 Å². The van der Waals surface area contributed by atoms with Gasteiger partial charge in [0.2, 0.25) is 5.91 Å². The predicted octanol–water partition coefficient (Wildman–Crippen LogP) is 4.13.